The minimum atomic E-state index is 0.261. The largest absolute Gasteiger partial charge is 0.330 e. The summed E-state index contributed by atoms with van der Waals surface area (Å²) in [6, 6.07) is 4.10. The van der Waals surface area contributed by atoms with Crippen molar-refractivity contribution in [3.63, 3.8) is 0 Å². The number of nitrogens with zero attached hydrogens (tertiary/aromatic N) is 2. The van der Waals surface area contributed by atoms with Gasteiger partial charge in [-0.05, 0) is 43.5 Å². The zero-order chi connectivity index (χ0) is 12.7. The van der Waals surface area contributed by atoms with Crippen LogP contribution in [0.3, 0.4) is 0 Å². The van der Waals surface area contributed by atoms with Gasteiger partial charge in [0.25, 0.3) is 0 Å². The molecule has 0 bridgehead atoms. The molecule has 1 rings (SSSR count). The number of rotatable bonds is 7. The average Bonchev–Trinajstić information content (AvgIpc) is 2.37. The molecule has 0 aromatic carbocycles. The van der Waals surface area contributed by atoms with Gasteiger partial charge in [-0.15, -0.1) is 0 Å². The minimum absolute atomic E-state index is 0.261. The van der Waals surface area contributed by atoms with Gasteiger partial charge in [0, 0.05) is 25.5 Å². The molecule has 1 aromatic heterocycles. The van der Waals surface area contributed by atoms with Crippen molar-refractivity contribution >= 4 is 0 Å². The third-order valence-electron chi connectivity index (χ3n) is 3.71. The molecule has 0 spiro atoms. The van der Waals surface area contributed by atoms with E-state index in [0.29, 0.717) is 0 Å². The van der Waals surface area contributed by atoms with Crippen molar-refractivity contribution in [2.75, 3.05) is 20.1 Å². The van der Waals surface area contributed by atoms with E-state index in [9.17, 15) is 0 Å². The van der Waals surface area contributed by atoms with Crippen molar-refractivity contribution in [1.29, 1.82) is 0 Å². The predicted molar refractivity (Wildman–Crippen MR) is 72.6 cm³/mol. The third kappa shape index (κ3) is 4.10. The fourth-order valence-corrected chi connectivity index (χ4v) is 2.26. The standard InChI is InChI=1S/C14H25N3/c1-4-14(5-2,11-15)12-17(3)10-13-7-6-8-16-9-13/h6-9H,4-5,10-12,15H2,1-3H3. The van der Waals surface area contributed by atoms with Crippen molar-refractivity contribution in [2.24, 2.45) is 11.1 Å². The molecule has 3 heteroatoms. The minimum Gasteiger partial charge on any atom is -0.330 e. The van der Waals surface area contributed by atoms with Crippen molar-refractivity contribution in [1.82, 2.24) is 9.88 Å². The first kappa shape index (κ1) is 14.1. The Bertz CT molecular complexity index is 298. The van der Waals surface area contributed by atoms with Gasteiger partial charge >= 0.3 is 0 Å². The molecule has 0 aliphatic heterocycles. The number of aromatic nitrogens is 1. The summed E-state index contributed by atoms with van der Waals surface area (Å²) in [6.07, 6.45) is 6.01. The lowest BCUT2D eigenvalue weighted by atomic mass is 9.82. The average molecular weight is 235 g/mol. The summed E-state index contributed by atoms with van der Waals surface area (Å²) < 4.78 is 0. The van der Waals surface area contributed by atoms with Crippen LogP contribution < -0.4 is 5.73 Å². The van der Waals surface area contributed by atoms with Crippen molar-refractivity contribution in [3.05, 3.63) is 30.1 Å². The number of nitrogens with two attached hydrogens (primary N) is 1. The molecule has 1 aromatic rings. The second-order valence-corrected chi connectivity index (χ2v) is 4.94. The quantitative estimate of drug-likeness (QED) is 0.788. The van der Waals surface area contributed by atoms with Gasteiger partial charge in [0.15, 0.2) is 0 Å². The molecule has 0 atom stereocenters. The van der Waals surface area contributed by atoms with E-state index in [1.165, 1.54) is 5.56 Å². The number of pyridine rings is 1. The first-order valence-corrected chi connectivity index (χ1v) is 6.43. The smallest absolute Gasteiger partial charge is 0.0312 e. The fourth-order valence-electron chi connectivity index (χ4n) is 2.26. The van der Waals surface area contributed by atoms with Crippen LogP contribution >= 0.6 is 0 Å². The molecule has 0 saturated heterocycles. The van der Waals surface area contributed by atoms with Crippen LogP contribution in [0.4, 0.5) is 0 Å². The summed E-state index contributed by atoms with van der Waals surface area (Å²) in [7, 11) is 2.16. The van der Waals surface area contributed by atoms with E-state index in [0.717, 1.165) is 32.5 Å². The van der Waals surface area contributed by atoms with Crippen LogP contribution in [0.15, 0.2) is 24.5 Å². The normalized spacial score (nSPS) is 12.1. The van der Waals surface area contributed by atoms with Gasteiger partial charge in [0.2, 0.25) is 0 Å². The first-order chi connectivity index (χ1) is 8.15. The molecule has 0 aliphatic rings. The molecule has 0 fully saturated rings. The van der Waals surface area contributed by atoms with Crippen LogP contribution in [0, 0.1) is 5.41 Å². The lowest BCUT2D eigenvalue weighted by Gasteiger charge is -2.34. The van der Waals surface area contributed by atoms with Crippen molar-refractivity contribution < 1.29 is 0 Å². The fraction of sp³-hybridized carbons (Fsp3) is 0.643. The highest BCUT2D eigenvalue weighted by molar-refractivity contribution is 5.08. The molecule has 1 heterocycles. The summed E-state index contributed by atoms with van der Waals surface area (Å²) in [6.45, 7) is 7.21. The molecule has 0 aliphatic carbocycles. The Labute approximate surface area is 105 Å². The topological polar surface area (TPSA) is 42.1 Å². The van der Waals surface area contributed by atoms with E-state index in [1.54, 1.807) is 0 Å². The third-order valence-corrected chi connectivity index (χ3v) is 3.71. The van der Waals surface area contributed by atoms with Crippen LogP contribution in [-0.4, -0.2) is 30.0 Å². The van der Waals surface area contributed by atoms with Crippen LogP contribution in [0.2, 0.25) is 0 Å². The first-order valence-electron chi connectivity index (χ1n) is 6.43. The van der Waals surface area contributed by atoms with E-state index in [-0.39, 0.29) is 5.41 Å². The molecule has 0 saturated carbocycles. The monoisotopic (exact) mass is 235 g/mol. The van der Waals surface area contributed by atoms with Crippen LogP contribution in [0.1, 0.15) is 32.3 Å². The Kier molecular flexibility index (Phi) is 5.59. The van der Waals surface area contributed by atoms with E-state index < -0.39 is 0 Å². The van der Waals surface area contributed by atoms with Gasteiger partial charge in [-0.3, -0.25) is 4.98 Å². The molecule has 2 N–H and O–H groups in total. The van der Waals surface area contributed by atoms with Gasteiger partial charge in [-0.1, -0.05) is 19.9 Å². The maximum absolute atomic E-state index is 5.93. The highest BCUT2D eigenvalue weighted by Crippen LogP contribution is 2.26. The Morgan fingerprint density at radius 1 is 1.35 bits per heavy atom. The molecular weight excluding hydrogens is 210 g/mol. The van der Waals surface area contributed by atoms with E-state index in [2.05, 4.69) is 36.8 Å². The summed E-state index contributed by atoms with van der Waals surface area (Å²) in [5.74, 6) is 0. The lowest BCUT2D eigenvalue weighted by molar-refractivity contribution is 0.162. The molecule has 0 amide bonds. The molecule has 17 heavy (non-hydrogen) atoms. The Morgan fingerprint density at radius 3 is 2.53 bits per heavy atom. The second-order valence-electron chi connectivity index (χ2n) is 4.94. The molecular formula is C14H25N3. The molecule has 0 unspecified atom stereocenters. The molecule has 96 valence electrons. The Hall–Kier alpha value is -0.930. The van der Waals surface area contributed by atoms with Gasteiger partial charge < -0.3 is 10.6 Å². The molecule has 3 nitrogen and oxygen atoms in total. The highest BCUT2D eigenvalue weighted by atomic mass is 15.1. The zero-order valence-electron chi connectivity index (χ0n) is 11.3. The van der Waals surface area contributed by atoms with Crippen LogP contribution in [0.25, 0.3) is 0 Å². The van der Waals surface area contributed by atoms with Gasteiger partial charge in [0.1, 0.15) is 0 Å². The van der Waals surface area contributed by atoms with Crippen LogP contribution in [-0.2, 0) is 6.54 Å². The lowest BCUT2D eigenvalue weighted by Crippen LogP contribution is -2.40. The van der Waals surface area contributed by atoms with Gasteiger partial charge in [0.05, 0.1) is 0 Å². The summed E-state index contributed by atoms with van der Waals surface area (Å²) in [5.41, 5.74) is 7.45. The van der Waals surface area contributed by atoms with E-state index >= 15 is 0 Å². The Morgan fingerprint density at radius 2 is 2.06 bits per heavy atom. The SMILES string of the molecule is CCC(CC)(CN)CN(C)Cc1cccnc1. The van der Waals surface area contributed by atoms with Gasteiger partial charge in [-0.2, -0.15) is 0 Å². The summed E-state index contributed by atoms with van der Waals surface area (Å²) in [4.78, 5) is 6.49. The van der Waals surface area contributed by atoms with Crippen molar-refractivity contribution in [3.8, 4) is 0 Å². The zero-order valence-corrected chi connectivity index (χ0v) is 11.3. The van der Waals surface area contributed by atoms with E-state index in [4.69, 9.17) is 5.73 Å². The van der Waals surface area contributed by atoms with Crippen LogP contribution in [0.5, 0.6) is 0 Å². The maximum atomic E-state index is 5.93. The van der Waals surface area contributed by atoms with E-state index in [1.807, 2.05) is 18.5 Å². The highest BCUT2D eigenvalue weighted by Gasteiger charge is 2.25. The number of hydrogen-bond donors (Lipinski definition) is 1. The summed E-state index contributed by atoms with van der Waals surface area (Å²) in [5, 5.41) is 0. The maximum Gasteiger partial charge on any atom is 0.0312 e. The number of hydrogen-bond acceptors (Lipinski definition) is 3. The predicted octanol–water partition coefficient (Wildman–Crippen LogP) is 2.28. The molecule has 0 radical (unpaired) electrons. The van der Waals surface area contributed by atoms with Gasteiger partial charge in [-0.25, -0.2) is 0 Å². The second kappa shape index (κ2) is 6.72. The summed E-state index contributed by atoms with van der Waals surface area (Å²) >= 11 is 0. The Balaban J connectivity index is 2.56. The van der Waals surface area contributed by atoms with Crippen molar-refractivity contribution in [2.45, 2.75) is 33.2 Å².